The molecular formula is C30H32ClN5O3. The van der Waals surface area contributed by atoms with E-state index in [0.29, 0.717) is 34.4 Å². The van der Waals surface area contributed by atoms with Crippen LogP contribution in [0.25, 0.3) is 0 Å². The zero-order valence-corrected chi connectivity index (χ0v) is 22.4. The number of piperidine rings is 1. The van der Waals surface area contributed by atoms with Crippen LogP contribution in [0.5, 0.6) is 0 Å². The van der Waals surface area contributed by atoms with Crippen molar-refractivity contribution in [1.82, 2.24) is 9.88 Å². The predicted molar refractivity (Wildman–Crippen MR) is 154 cm³/mol. The molecule has 1 aliphatic carbocycles. The number of nitrogens with zero attached hydrogens (tertiary/aromatic N) is 2. The van der Waals surface area contributed by atoms with Gasteiger partial charge in [-0.25, -0.2) is 4.79 Å². The summed E-state index contributed by atoms with van der Waals surface area (Å²) in [6, 6.07) is 17.7. The summed E-state index contributed by atoms with van der Waals surface area (Å²) in [5.41, 5.74) is 3.68. The number of pyridine rings is 1. The first-order chi connectivity index (χ1) is 18.9. The predicted octanol–water partition coefficient (Wildman–Crippen LogP) is 5.44. The maximum absolute atomic E-state index is 13.1. The minimum absolute atomic E-state index is 0.0505. The Morgan fingerprint density at radius 1 is 0.897 bits per heavy atom. The number of amides is 3. The van der Waals surface area contributed by atoms with E-state index in [9.17, 15) is 14.4 Å². The minimum Gasteiger partial charge on any atom is -0.369 e. The lowest BCUT2D eigenvalue weighted by Crippen LogP contribution is -2.47. The summed E-state index contributed by atoms with van der Waals surface area (Å²) in [7, 11) is 0. The average molecular weight is 546 g/mol. The highest BCUT2D eigenvalue weighted by atomic mass is 35.5. The second-order valence-corrected chi connectivity index (χ2v) is 11.3. The fraction of sp³-hybridized carbons (Fsp3) is 0.367. The fourth-order valence-corrected chi connectivity index (χ4v) is 6.43. The number of carbonyl (C=O) groups excluding carboxylic acids is 2. The minimum atomic E-state index is -0.402. The van der Waals surface area contributed by atoms with Crippen molar-refractivity contribution in [3.8, 4) is 0 Å². The molecule has 39 heavy (non-hydrogen) atoms. The fourth-order valence-electron chi connectivity index (χ4n) is 6.30. The van der Waals surface area contributed by atoms with Gasteiger partial charge in [0, 0.05) is 59.6 Å². The van der Waals surface area contributed by atoms with Crippen LogP contribution in [0.1, 0.15) is 54.1 Å². The van der Waals surface area contributed by atoms with E-state index in [1.165, 1.54) is 0 Å². The molecule has 2 atom stereocenters. The summed E-state index contributed by atoms with van der Waals surface area (Å²) in [5.74, 6) is 0.406. The monoisotopic (exact) mass is 545 g/mol. The third-order valence-corrected chi connectivity index (χ3v) is 8.37. The van der Waals surface area contributed by atoms with Gasteiger partial charge in [-0.05, 0) is 73.7 Å². The number of hydrogen-bond donors (Lipinski definition) is 3. The molecule has 3 aliphatic rings. The van der Waals surface area contributed by atoms with Crippen LogP contribution < -0.4 is 26.4 Å². The Bertz CT molecular complexity index is 1450. The first-order valence-corrected chi connectivity index (χ1v) is 14.0. The molecule has 3 amide bonds. The SMILES string of the molecule is O=C(Nc1ccc(Cl)cc1)Nc1cc(C(=O)NC2CCCC2)ccc1N1C[C@H]2C[C@@H](C1)c1cccc(=O)n1C2. The van der Waals surface area contributed by atoms with E-state index in [2.05, 4.69) is 20.9 Å². The Balaban J connectivity index is 1.28. The molecule has 202 valence electrons. The normalized spacial score (nSPS) is 20.3. The van der Waals surface area contributed by atoms with E-state index in [4.69, 9.17) is 11.6 Å². The van der Waals surface area contributed by atoms with Gasteiger partial charge in [0.2, 0.25) is 0 Å². The van der Waals surface area contributed by atoms with Crippen molar-refractivity contribution in [3.63, 3.8) is 0 Å². The first-order valence-electron chi connectivity index (χ1n) is 13.7. The highest BCUT2D eigenvalue weighted by molar-refractivity contribution is 6.30. The van der Waals surface area contributed by atoms with Gasteiger partial charge >= 0.3 is 6.03 Å². The largest absolute Gasteiger partial charge is 0.369 e. The van der Waals surface area contributed by atoms with Crippen LogP contribution in [0.3, 0.4) is 0 Å². The van der Waals surface area contributed by atoms with Crippen molar-refractivity contribution < 1.29 is 9.59 Å². The zero-order chi connectivity index (χ0) is 26.9. The maximum Gasteiger partial charge on any atom is 0.323 e. The first kappa shape index (κ1) is 25.5. The van der Waals surface area contributed by atoms with E-state index in [0.717, 1.165) is 56.6 Å². The summed E-state index contributed by atoms with van der Waals surface area (Å²) in [6.07, 6.45) is 5.29. The molecule has 3 N–H and O–H groups in total. The lowest BCUT2D eigenvalue weighted by molar-refractivity contribution is 0.0938. The van der Waals surface area contributed by atoms with Gasteiger partial charge < -0.3 is 25.4 Å². The molecule has 9 heteroatoms. The van der Waals surface area contributed by atoms with Crippen LogP contribution in [-0.4, -0.2) is 35.6 Å². The Labute approximate surface area is 232 Å². The van der Waals surface area contributed by atoms with Crippen LogP contribution in [0.2, 0.25) is 5.02 Å². The van der Waals surface area contributed by atoms with Gasteiger partial charge in [0.15, 0.2) is 0 Å². The molecule has 6 rings (SSSR count). The van der Waals surface area contributed by atoms with Gasteiger partial charge in [-0.3, -0.25) is 9.59 Å². The third-order valence-electron chi connectivity index (χ3n) is 8.12. The zero-order valence-electron chi connectivity index (χ0n) is 21.7. The standard InChI is InChI=1S/C30H32ClN5O3/c31-22-9-11-24(12-10-22)33-30(39)34-25-15-20(29(38)32-23-4-1-2-5-23)8-13-27(25)35-16-19-14-21(18-35)26-6-3-7-28(37)36(26)17-19/h3,6-13,15,19,21,23H,1-2,4-5,14,16-18H2,(H,32,38)(H2,33,34,39)/t19-,21+/m1/s1. The molecule has 0 radical (unpaired) electrons. The number of carbonyl (C=O) groups is 2. The van der Waals surface area contributed by atoms with Crippen molar-refractivity contribution >= 4 is 40.6 Å². The molecular weight excluding hydrogens is 514 g/mol. The number of rotatable bonds is 5. The van der Waals surface area contributed by atoms with Crippen LogP contribution in [0.4, 0.5) is 21.9 Å². The quantitative estimate of drug-likeness (QED) is 0.398. The second-order valence-electron chi connectivity index (χ2n) is 10.9. The molecule has 2 aromatic carbocycles. The van der Waals surface area contributed by atoms with Crippen molar-refractivity contribution in [2.75, 3.05) is 28.6 Å². The van der Waals surface area contributed by atoms with Crippen LogP contribution in [-0.2, 0) is 6.54 Å². The van der Waals surface area contributed by atoms with Gasteiger partial charge in [-0.2, -0.15) is 0 Å². The Morgan fingerprint density at radius 2 is 1.69 bits per heavy atom. The smallest absolute Gasteiger partial charge is 0.323 e. The molecule has 1 saturated carbocycles. The number of anilines is 3. The summed E-state index contributed by atoms with van der Waals surface area (Å²) < 4.78 is 1.91. The van der Waals surface area contributed by atoms with Gasteiger partial charge in [0.1, 0.15) is 0 Å². The molecule has 3 heterocycles. The Kier molecular flexibility index (Phi) is 7.04. The number of benzene rings is 2. The van der Waals surface area contributed by atoms with Gasteiger partial charge in [0.25, 0.3) is 11.5 Å². The van der Waals surface area contributed by atoms with Crippen molar-refractivity contribution in [2.45, 2.75) is 50.6 Å². The molecule has 8 nitrogen and oxygen atoms in total. The highest BCUT2D eigenvalue weighted by Crippen LogP contribution is 2.39. The molecule has 0 unspecified atom stereocenters. The van der Waals surface area contributed by atoms with Crippen LogP contribution in [0.15, 0.2) is 65.5 Å². The van der Waals surface area contributed by atoms with E-state index >= 15 is 0 Å². The van der Waals surface area contributed by atoms with Crippen LogP contribution >= 0.6 is 11.6 Å². The topological polar surface area (TPSA) is 95.5 Å². The lowest BCUT2D eigenvalue weighted by Gasteiger charge is -2.44. The van der Waals surface area contributed by atoms with E-state index in [-0.39, 0.29) is 23.4 Å². The van der Waals surface area contributed by atoms with Gasteiger partial charge in [0.05, 0.1) is 11.4 Å². The number of nitrogens with one attached hydrogen (secondary N) is 3. The number of halogens is 1. The second kappa shape index (κ2) is 10.8. The average Bonchev–Trinajstić information content (AvgIpc) is 3.43. The molecule has 2 fully saturated rings. The summed E-state index contributed by atoms with van der Waals surface area (Å²) in [4.78, 5) is 40.9. The molecule has 0 spiro atoms. The highest BCUT2D eigenvalue weighted by Gasteiger charge is 2.35. The Hall–Kier alpha value is -3.78. The summed E-state index contributed by atoms with van der Waals surface area (Å²) >= 11 is 5.98. The number of hydrogen-bond acceptors (Lipinski definition) is 4. The molecule has 1 saturated heterocycles. The van der Waals surface area contributed by atoms with Crippen molar-refractivity contribution in [1.29, 1.82) is 0 Å². The molecule has 2 aliphatic heterocycles. The molecule has 3 aromatic rings. The molecule has 2 bridgehead atoms. The van der Waals surface area contributed by atoms with Crippen LogP contribution in [0, 0.1) is 5.92 Å². The third kappa shape index (κ3) is 5.52. The number of urea groups is 1. The summed E-state index contributed by atoms with van der Waals surface area (Å²) in [6.45, 7) is 2.17. The van der Waals surface area contributed by atoms with E-state index < -0.39 is 6.03 Å². The maximum atomic E-state index is 13.1. The van der Waals surface area contributed by atoms with Crippen molar-refractivity contribution in [3.05, 3.63) is 87.3 Å². The molecule has 1 aromatic heterocycles. The number of fused-ring (bicyclic) bond motifs is 4. The van der Waals surface area contributed by atoms with Gasteiger partial charge in [-0.15, -0.1) is 0 Å². The lowest BCUT2D eigenvalue weighted by atomic mass is 9.83. The van der Waals surface area contributed by atoms with Gasteiger partial charge in [-0.1, -0.05) is 30.5 Å². The van der Waals surface area contributed by atoms with E-state index in [1.54, 1.807) is 36.4 Å². The van der Waals surface area contributed by atoms with E-state index in [1.807, 2.05) is 28.8 Å². The Morgan fingerprint density at radius 3 is 2.49 bits per heavy atom. The number of aromatic nitrogens is 1. The summed E-state index contributed by atoms with van der Waals surface area (Å²) in [5, 5.41) is 9.57. The van der Waals surface area contributed by atoms with Crippen molar-refractivity contribution in [2.24, 2.45) is 5.92 Å².